The third-order valence-corrected chi connectivity index (χ3v) is 7.22. The first-order valence-electron chi connectivity index (χ1n) is 12.6. The lowest BCUT2D eigenvalue weighted by molar-refractivity contribution is -0.270. The number of methoxy groups -OCH3 is 1. The normalized spacial score (nSPS) is 15.4. The van der Waals surface area contributed by atoms with Crippen LogP contribution in [-0.4, -0.2) is 48.3 Å². The molecule has 1 unspecified atom stereocenters. The minimum atomic E-state index is -5.24. The standard InChI is InChI=1S/C29H27ClF4N2O6/c1-27(2)14-42-26-17(27)12-23(36-25(26)16-4-6-19(31)18(30)10-16)28(39,29(32,33)34)9-8-20(37)15-5-7-21(22(11-15)40-3)41-13-24(35)38/h4-7,10-12,39H,8-9,13-14H2,1-3H3,(H2,35,38). The van der Waals surface area contributed by atoms with Gasteiger partial charge >= 0.3 is 6.18 Å². The van der Waals surface area contributed by atoms with E-state index in [1.165, 1.54) is 37.4 Å². The smallest absolute Gasteiger partial charge is 0.422 e. The van der Waals surface area contributed by atoms with Crippen molar-refractivity contribution in [3.05, 3.63) is 70.1 Å². The van der Waals surface area contributed by atoms with E-state index in [4.69, 9.17) is 31.5 Å². The van der Waals surface area contributed by atoms with Gasteiger partial charge in [0.1, 0.15) is 17.3 Å². The van der Waals surface area contributed by atoms with Crippen molar-refractivity contribution in [1.82, 2.24) is 4.98 Å². The lowest BCUT2D eigenvalue weighted by Crippen LogP contribution is -2.43. The number of fused-ring (bicyclic) bond motifs is 1. The summed E-state index contributed by atoms with van der Waals surface area (Å²) in [6.45, 7) is 3.18. The van der Waals surface area contributed by atoms with Crippen LogP contribution < -0.4 is 19.9 Å². The highest BCUT2D eigenvalue weighted by atomic mass is 35.5. The lowest BCUT2D eigenvalue weighted by Gasteiger charge is -2.31. The molecule has 224 valence electrons. The Bertz CT molecular complexity index is 1550. The highest BCUT2D eigenvalue weighted by Crippen LogP contribution is 2.49. The number of hydrogen-bond donors (Lipinski definition) is 2. The number of aromatic nitrogens is 1. The van der Waals surface area contributed by atoms with E-state index < -0.39 is 59.8 Å². The molecule has 1 aliphatic heterocycles. The van der Waals surface area contributed by atoms with Crippen molar-refractivity contribution < 1.29 is 46.5 Å². The summed E-state index contributed by atoms with van der Waals surface area (Å²) in [5, 5.41) is 10.9. The van der Waals surface area contributed by atoms with Gasteiger partial charge in [0.25, 0.3) is 5.91 Å². The van der Waals surface area contributed by atoms with E-state index in [1.54, 1.807) is 13.8 Å². The van der Waals surface area contributed by atoms with E-state index in [1.807, 2.05) is 0 Å². The van der Waals surface area contributed by atoms with Crippen LogP contribution >= 0.6 is 11.6 Å². The number of ether oxygens (including phenoxy) is 3. The molecule has 1 aliphatic rings. The molecule has 3 aromatic rings. The zero-order valence-corrected chi connectivity index (χ0v) is 23.5. The summed E-state index contributed by atoms with van der Waals surface area (Å²) in [4.78, 5) is 28.2. The van der Waals surface area contributed by atoms with Gasteiger partial charge in [0, 0.05) is 28.5 Å². The van der Waals surface area contributed by atoms with E-state index in [2.05, 4.69) is 4.98 Å². The molecule has 0 saturated carbocycles. The molecule has 42 heavy (non-hydrogen) atoms. The van der Waals surface area contributed by atoms with Crippen LogP contribution in [0.1, 0.15) is 48.3 Å². The maximum absolute atomic E-state index is 14.6. The molecule has 3 N–H and O–H groups in total. The van der Waals surface area contributed by atoms with E-state index in [0.29, 0.717) is 5.56 Å². The number of pyridine rings is 1. The van der Waals surface area contributed by atoms with Crippen LogP contribution in [0.2, 0.25) is 5.02 Å². The minimum Gasteiger partial charge on any atom is -0.493 e. The number of alkyl halides is 3. The van der Waals surface area contributed by atoms with Gasteiger partial charge in [-0.1, -0.05) is 25.4 Å². The first-order valence-corrected chi connectivity index (χ1v) is 13.0. The zero-order valence-electron chi connectivity index (χ0n) is 22.8. The number of benzene rings is 2. The van der Waals surface area contributed by atoms with E-state index in [0.717, 1.165) is 12.1 Å². The van der Waals surface area contributed by atoms with Crippen LogP contribution in [0, 0.1) is 5.82 Å². The predicted octanol–water partition coefficient (Wildman–Crippen LogP) is 5.50. The number of ketones is 1. The Kier molecular flexibility index (Phi) is 8.43. The maximum Gasteiger partial charge on any atom is 0.422 e. The van der Waals surface area contributed by atoms with Crippen LogP contribution in [0.15, 0.2) is 42.5 Å². The number of hydrogen-bond acceptors (Lipinski definition) is 7. The van der Waals surface area contributed by atoms with Crippen molar-refractivity contribution in [2.75, 3.05) is 20.3 Å². The lowest BCUT2D eigenvalue weighted by atomic mass is 9.83. The zero-order chi connectivity index (χ0) is 31.0. The van der Waals surface area contributed by atoms with Crippen LogP contribution in [0.3, 0.4) is 0 Å². The first kappa shape index (κ1) is 31.0. The third-order valence-electron chi connectivity index (χ3n) is 6.93. The quantitative estimate of drug-likeness (QED) is 0.230. The maximum atomic E-state index is 14.6. The Morgan fingerprint density at radius 1 is 1.14 bits per heavy atom. The number of Topliss-reactive ketones (excluding diaryl/α,β-unsaturated/α-hetero) is 1. The Hall–Kier alpha value is -3.90. The highest BCUT2D eigenvalue weighted by Gasteiger charge is 2.56. The van der Waals surface area contributed by atoms with Crippen LogP contribution in [0.5, 0.6) is 17.2 Å². The van der Waals surface area contributed by atoms with Crippen LogP contribution in [0.4, 0.5) is 17.6 Å². The molecule has 4 rings (SSSR count). The fourth-order valence-electron chi connectivity index (χ4n) is 4.53. The summed E-state index contributed by atoms with van der Waals surface area (Å²) >= 11 is 5.93. The largest absolute Gasteiger partial charge is 0.493 e. The van der Waals surface area contributed by atoms with Crippen molar-refractivity contribution in [2.24, 2.45) is 5.73 Å². The summed E-state index contributed by atoms with van der Waals surface area (Å²) in [5.74, 6) is -1.86. The summed E-state index contributed by atoms with van der Waals surface area (Å²) in [6, 6.07) is 8.53. The summed E-state index contributed by atoms with van der Waals surface area (Å²) in [6.07, 6.45) is -7.02. The average molecular weight is 611 g/mol. The van der Waals surface area contributed by atoms with Gasteiger partial charge in [-0.15, -0.1) is 0 Å². The van der Waals surface area contributed by atoms with Crippen molar-refractivity contribution in [1.29, 1.82) is 0 Å². The fourth-order valence-corrected chi connectivity index (χ4v) is 4.71. The van der Waals surface area contributed by atoms with Gasteiger partial charge in [0.15, 0.2) is 23.9 Å². The van der Waals surface area contributed by atoms with Gasteiger partial charge in [-0.05, 0) is 48.9 Å². The SMILES string of the molecule is COc1cc(C(=O)CCC(O)(c2cc3c(c(-c4ccc(F)c(Cl)c4)n2)OCC3(C)C)C(F)(F)F)ccc1OCC(N)=O. The van der Waals surface area contributed by atoms with Gasteiger partial charge in [-0.3, -0.25) is 9.59 Å². The molecular formula is C29H27ClF4N2O6. The summed E-state index contributed by atoms with van der Waals surface area (Å²) < 4.78 is 73.7. The van der Waals surface area contributed by atoms with E-state index >= 15 is 0 Å². The van der Waals surface area contributed by atoms with Crippen molar-refractivity contribution in [2.45, 2.75) is 43.9 Å². The van der Waals surface area contributed by atoms with Crippen LogP contribution in [-0.2, 0) is 15.8 Å². The minimum absolute atomic E-state index is 0.0131. The topological polar surface area (TPSA) is 121 Å². The Labute approximate surface area is 243 Å². The van der Waals surface area contributed by atoms with Gasteiger partial charge in [0.2, 0.25) is 5.60 Å². The average Bonchev–Trinajstić information content (AvgIpc) is 3.24. The Morgan fingerprint density at radius 2 is 1.86 bits per heavy atom. The molecule has 0 bridgehead atoms. The van der Waals surface area contributed by atoms with Crippen molar-refractivity contribution in [3.8, 4) is 28.5 Å². The number of primary amides is 1. The molecule has 0 saturated heterocycles. The molecular weight excluding hydrogens is 584 g/mol. The van der Waals surface area contributed by atoms with Gasteiger partial charge in [0.05, 0.1) is 24.4 Å². The molecule has 1 amide bonds. The Balaban J connectivity index is 1.72. The predicted molar refractivity (Wildman–Crippen MR) is 144 cm³/mol. The molecule has 0 fully saturated rings. The fraction of sp³-hybridized carbons (Fsp3) is 0.345. The molecule has 1 aromatic heterocycles. The van der Waals surface area contributed by atoms with Gasteiger partial charge in [-0.25, -0.2) is 9.37 Å². The van der Waals surface area contributed by atoms with Gasteiger partial charge < -0.3 is 25.1 Å². The molecule has 2 aromatic carbocycles. The molecule has 0 radical (unpaired) electrons. The van der Waals surface area contributed by atoms with E-state index in [9.17, 15) is 32.3 Å². The van der Waals surface area contributed by atoms with E-state index in [-0.39, 0.29) is 45.7 Å². The second-order valence-corrected chi connectivity index (χ2v) is 10.8. The number of nitrogens with zero attached hydrogens (tertiary/aromatic N) is 1. The molecule has 0 aliphatic carbocycles. The second-order valence-electron chi connectivity index (χ2n) is 10.4. The van der Waals surface area contributed by atoms with Crippen molar-refractivity contribution in [3.63, 3.8) is 0 Å². The van der Waals surface area contributed by atoms with Gasteiger partial charge in [-0.2, -0.15) is 13.2 Å². The monoisotopic (exact) mass is 610 g/mol. The summed E-state index contributed by atoms with van der Waals surface area (Å²) in [5.41, 5.74) is 0.504. The number of halogens is 5. The second kappa shape index (κ2) is 11.4. The molecule has 8 nitrogen and oxygen atoms in total. The highest BCUT2D eigenvalue weighted by molar-refractivity contribution is 6.31. The summed E-state index contributed by atoms with van der Waals surface area (Å²) in [7, 11) is 1.28. The number of aliphatic hydroxyl groups is 1. The molecule has 1 atom stereocenters. The van der Waals surface area contributed by atoms with Crippen molar-refractivity contribution >= 4 is 23.3 Å². The molecule has 0 spiro atoms. The molecule has 2 heterocycles. The third kappa shape index (κ3) is 6.00. The molecule has 13 heteroatoms. The Morgan fingerprint density at radius 3 is 2.48 bits per heavy atom. The number of carbonyl (C=O) groups is 2. The first-order chi connectivity index (χ1) is 19.6. The number of carbonyl (C=O) groups excluding carboxylic acids is 2. The number of amides is 1. The van der Waals surface area contributed by atoms with Crippen LogP contribution in [0.25, 0.3) is 11.3 Å². The number of nitrogens with two attached hydrogens (primary N) is 1. The number of rotatable bonds is 10.